The molecule has 264 valence electrons. The Bertz CT molecular complexity index is 2330. The molecule has 9 unspecified atom stereocenters. The molecule has 7 aliphatic carbocycles. The number of benzene rings is 2. The average Bonchev–Trinajstić information content (AvgIpc) is 3.64. The van der Waals surface area contributed by atoms with Crippen molar-refractivity contribution in [2.75, 3.05) is 0 Å². The van der Waals surface area contributed by atoms with Crippen molar-refractivity contribution in [2.45, 2.75) is 88.9 Å². The van der Waals surface area contributed by atoms with E-state index in [0.29, 0.717) is 23.7 Å². The highest BCUT2D eigenvalue weighted by atomic mass is 16.5. The molecule has 10 rings (SSSR count). The van der Waals surface area contributed by atoms with Crippen LogP contribution in [-0.2, 0) is 4.74 Å². The van der Waals surface area contributed by atoms with Crippen LogP contribution in [0.15, 0.2) is 145 Å². The summed E-state index contributed by atoms with van der Waals surface area (Å²) < 4.78 is 49.2. The van der Waals surface area contributed by atoms with Gasteiger partial charge in [0, 0.05) is 23.9 Å². The Morgan fingerprint density at radius 2 is 1.69 bits per heavy atom. The van der Waals surface area contributed by atoms with E-state index >= 15 is 0 Å². The summed E-state index contributed by atoms with van der Waals surface area (Å²) in [7, 11) is 0. The van der Waals surface area contributed by atoms with Gasteiger partial charge in [0.25, 0.3) is 0 Å². The molecule has 2 heteroatoms. The quantitative estimate of drug-likeness (QED) is 0.280. The van der Waals surface area contributed by atoms with E-state index in [9.17, 15) is 0 Å². The Morgan fingerprint density at radius 3 is 2.56 bits per heavy atom. The number of rotatable bonds is 6. The molecule has 1 aliphatic heterocycles. The van der Waals surface area contributed by atoms with Crippen molar-refractivity contribution in [1.29, 1.82) is 0 Å². The third kappa shape index (κ3) is 5.92. The van der Waals surface area contributed by atoms with Crippen LogP contribution in [0.3, 0.4) is 0 Å². The van der Waals surface area contributed by atoms with Crippen LogP contribution in [-0.4, -0.2) is 23.1 Å². The number of ether oxygens (including phenoxy) is 1. The third-order valence-electron chi connectivity index (χ3n) is 13.4. The van der Waals surface area contributed by atoms with Crippen LogP contribution in [0.4, 0.5) is 0 Å². The maximum atomic E-state index is 8.79. The van der Waals surface area contributed by atoms with Crippen molar-refractivity contribution in [3.8, 4) is 0 Å². The zero-order valence-electron chi connectivity index (χ0n) is 35.1. The minimum Gasteiger partial charge on any atom is -0.365 e. The van der Waals surface area contributed by atoms with Gasteiger partial charge in [-0.3, -0.25) is 0 Å². The van der Waals surface area contributed by atoms with Gasteiger partial charge in [-0.15, -0.1) is 0 Å². The molecule has 1 heterocycles. The first kappa shape index (κ1) is 27.5. The van der Waals surface area contributed by atoms with Gasteiger partial charge in [-0.2, -0.15) is 0 Å². The Labute approximate surface area is 317 Å². The minimum atomic E-state index is -0.979. The van der Waals surface area contributed by atoms with E-state index < -0.39 is 12.3 Å². The number of fused-ring (bicyclic) bond motifs is 5. The molecule has 1 saturated heterocycles. The molecule has 2 aromatic rings. The van der Waals surface area contributed by atoms with E-state index in [1.165, 1.54) is 57.0 Å². The molecule has 0 N–H and O–H groups in total. The lowest BCUT2D eigenvalue weighted by Crippen LogP contribution is -2.44. The summed E-state index contributed by atoms with van der Waals surface area (Å²) in [6.07, 6.45) is 31.2. The topological polar surface area (TPSA) is 12.5 Å². The van der Waals surface area contributed by atoms with Crippen LogP contribution >= 0.6 is 0 Å². The zero-order chi connectivity index (χ0) is 38.8. The summed E-state index contributed by atoms with van der Waals surface area (Å²) in [5, 5.41) is 2.70. The number of nitrogens with zero attached hydrogens (tertiary/aromatic N) is 1. The summed E-state index contributed by atoms with van der Waals surface area (Å²) in [5.74, 6) is 1.25. The van der Waals surface area contributed by atoms with Crippen LogP contribution in [0.5, 0.6) is 0 Å². The van der Waals surface area contributed by atoms with E-state index in [1.807, 2.05) is 0 Å². The van der Waals surface area contributed by atoms with Crippen LogP contribution in [0.25, 0.3) is 16.8 Å². The van der Waals surface area contributed by atoms with E-state index in [4.69, 9.17) is 11.6 Å². The van der Waals surface area contributed by atoms with Crippen LogP contribution in [0, 0.1) is 35.5 Å². The van der Waals surface area contributed by atoms with Crippen LogP contribution in [0.2, 0.25) is 0 Å². The van der Waals surface area contributed by atoms with Crippen molar-refractivity contribution >= 4 is 16.8 Å². The van der Waals surface area contributed by atoms with Gasteiger partial charge in [-0.05, 0) is 128 Å². The first-order valence-electron chi connectivity index (χ1n) is 22.7. The molecule has 0 amide bonds. The number of hydrogen-bond acceptors (Lipinski definition) is 2. The largest absolute Gasteiger partial charge is 0.365 e. The third-order valence-corrected chi connectivity index (χ3v) is 13.4. The van der Waals surface area contributed by atoms with Gasteiger partial charge in [-0.1, -0.05) is 133 Å². The SMILES string of the molecule is [2H]C1=C([2H])C([2H])C([C@H]2C=CC(N(C3=CCC(C4=CC5C(C=C4)OC4C(c6ccccc6)=CCCC45)CC3)C3=c4ccccc4=C4C=CCCC4C3)CC2)C([2H])=C1[2H]. The van der Waals surface area contributed by atoms with Gasteiger partial charge in [0.15, 0.2) is 0 Å². The predicted octanol–water partition coefficient (Wildman–Crippen LogP) is 10.1. The molecule has 1 fully saturated rings. The van der Waals surface area contributed by atoms with Crippen molar-refractivity contribution in [3.63, 3.8) is 0 Å². The second-order valence-corrected chi connectivity index (χ2v) is 16.2. The maximum absolute atomic E-state index is 8.79. The van der Waals surface area contributed by atoms with Crippen molar-refractivity contribution in [3.05, 3.63) is 161 Å². The summed E-state index contributed by atoms with van der Waals surface area (Å²) in [6, 6.07) is 19.4. The van der Waals surface area contributed by atoms with Gasteiger partial charge < -0.3 is 9.64 Å². The molecule has 0 radical (unpaired) electrons. The lowest BCUT2D eigenvalue weighted by molar-refractivity contribution is 0.0885. The van der Waals surface area contributed by atoms with Gasteiger partial charge in [0.1, 0.15) is 0 Å². The fourth-order valence-corrected chi connectivity index (χ4v) is 10.8. The summed E-state index contributed by atoms with van der Waals surface area (Å²) in [5.41, 5.74) is 8.44. The number of hydrogen-bond donors (Lipinski definition) is 0. The predicted molar refractivity (Wildman–Crippen MR) is 215 cm³/mol. The highest BCUT2D eigenvalue weighted by Crippen LogP contribution is 2.49. The summed E-state index contributed by atoms with van der Waals surface area (Å²) in [6.45, 7) is 0. The fraction of sp³-hybridized carbons (Fsp3) is 0.400. The molecular weight excluding hydrogens is 631 g/mol. The molecule has 10 atom stereocenters. The van der Waals surface area contributed by atoms with Crippen molar-refractivity contribution in [2.24, 2.45) is 35.5 Å². The monoisotopic (exact) mass is 688 g/mol. The van der Waals surface area contributed by atoms with Gasteiger partial charge in [0.05, 0.1) is 23.7 Å². The lowest BCUT2D eigenvalue weighted by atomic mass is 9.73. The molecule has 52 heavy (non-hydrogen) atoms. The minimum absolute atomic E-state index is 0.0413. The van der Waals surface area contributed by atoms with E-state index in [2.05, 4.69) is 114 Å². The highest BCUT2D eigenvalue weighted by Gasteiger charge is 2.46. The Morgan fingerprint density at radius 1 is 0.788 bits per heavy atom. The Balaban J connectivity index is 0.953. The zero-order valence-corrected chi connectivity index (χ0v) is 30.1. The second kappa shape index (κ2) is 14.0. The molecule has 0 saturated carbocycles. The molecule has 2 nitrogen and oxygen atoms in total. The molecule has 0 bridgehead atoms. The molecular formula is C50H53NO. The fourth-order valence-electron chi connectivity index (χ4n) is 10.8. The van der Waals surface area contributed by atoms with E-state index in [-0.39, 0.29) is 48.4 Å². The Kier molecular flexibility index (Phi) is 7.40. The molecule has 8 aliphatic rings. The number of allylic oxidation sites excluding steroid dienone is 12. The Hall–Kier alpha value is -4.14. The second-order valence-electron chi connectivity index (χ2n) is 16.2. The van der Waals surface area contributed by atoms with Gasteiger partial charge >= 0.3 is 0 Å². The molecule has 0 aromatic heterocycles. The summed E-state index contributed by atoms with van der Waals surface area (Å²) >= 11 is 0. The molecule has 2 aromatic carbocycles. The van der Waals surface area contributed by atoms with Crippen molar-refractivity contribution < 1.29 is 11.6 Å². The maximum Gasteiger partial charge on any atom is 0.0870 e. The first-order chi connectivity index (χ1) is 27.9. The van der Waals surface area contributed by atoms with Crippen molar-refractivity contribution in [1.82, 2.24) is 4.90 Å². The van der Waals surface area contributed by atoms with Crippen LogP contribution < -0.4 is 10.4 Å². The van der Waals surface area contributed by atoms with Gasteiger partial charge in [-0.25, -0.2) is 0 Å². The summed E-state index contributed by atoms with van der Waals surface area (Å²) in [4.78, 5) is 2.69. The standard InChI is InChI=1S/C50H53NO/c1-3-12-34(13-4-1)35-22-27-40(28-23-35)51(48-33-39-16-7-8-17-42(39)44-18-9-10-19-45(44)48)41-29-24-36(25-30-41)38-26-31-49-47(32-38)46-21-11-20-43(50(46)52-49)37-14-5-2-6-15-37/h1-6,8-10,12,14-15,17-20,22,26-27,29,31-32,34-36,39-40,46-47,49-50H,7,11,13,16,21,23-25,28,30,33H2/t34?,35-,36?,39?,40?,46?,47?,49?,50?/m0/s1/i1D,3D,4D,12D,13D/t13?,34?,35-,36?,39?,40?,46?,47?,49?,50?. The average molecular weight is 689 g/mol. The smallest absolute Gasteiger partial charge is 0.0870 e. The normalized spacial score (nSPS) is 38.0. The van der Waals surface area contributed by atoms with E-state index in [0.717, 1.165) is 51.4 Å². The van der Waals surface area contributed by atoms with Crippen LogP contribution in [0.1, 0.15) is 83.0 Å². The highest BCUT2D eigenvalue weighted by molar-refractivity contribution is 5.71. The van der Waals surface area contributed by atoms with E-state index in [1.54, 1.807) is 0 Å². The molecule has 0 spiro atoms. The first-order valence-corrected chi connectivity index (χ1v) is 20.1. The van der Waals surface area contributed by atoms with Gasteiger partial charge in [0.2, 0.25) is 0 Å². The lowest BCUT2D eigenvalue weighted by Gasteiger charge is -2.43.